The number of nitrogens with zero attached hydrogens (tertiary/aromatic N) is 1. The third-order valence-corrected chi connectivity index (χ3v) is 1.68. The SMILES string of the molecule is CN1CC(O)CC1OC=O. The summed E-state index contributed by atoms with van der Waals surface area (Å²) in [6.07, 6.45) is -0.0580. The van der Waals surface area contributed by atoms with Gasteiger partial charge in [0, 0.05) is 13.0 Å². The molecule has 0 aromatic heterocycles. The van der Waals surface area contributed by atoms with E-state index in [9.17, 15) is 4.79 Å². The first-order valence-electron chi connectivity index (χ1n) is 3.21. The van der Waals surface area contributed by atoms with Crippen LogP contribution in [0.25, 0.3) is 0 Å². The molecule has 2 unspecified atom stereocenters. The second kappa shape index (κ2) is 2.98. The molecular weight excluding hydrogens is 134 g/mol. The van der Waals surface area contributed by atoms with Crippen molar-refractivity contribution in [2.45, 2.75) is 18.8 Å². The molecule has 0 amide bonds. The second-order valence-corrected chi connectivity index (χ2v) is 2.52. The largest absolute Gasteiger partial charge is 0.448 e. The van der Waals surface area contributed by atoms with Gasteiger partial charge in [-0.05, 0) is 7.05 Å². The van der Waals surface area contributed by atoms with Crippen LogP contribution in [0.15, 0.2) is 0 Å². The number of hydrogen-bond donors (Lipinski definition) is 1. The topological polar surface area (TPSA) is 49.8 Å². The summed E-state index contributed by atoms with van der Waals surface area (Å²) in [5.41, 5.74) is 0. The first-order chi connectivity index (χ1) is 4.74. The molecule has 0 bridgehead atoms. The maximum absolute atomic E-state index is 9.88. The van der Waals surface area contributed by atoms with Gasteiger partial charge in [-0.3, -0.25) is 9.69 Å². The van der Waals surface area contributed by atoms with Gasteiger partial charge in [0.2, 0.25) is 0 Å². The first kappa shape index (κ1) is 7.50. The van der Waals surface area contributed by atoms with Crippen LogP contribution in [0.4, 0.5) is 0 Å². The minimum absolute atomic E-state index is 0.229. The molecule has 4 nitrogen and oxygen atoms in total. The monoisotopic (exact) mass is 145 g/mol. The van der Waals surface area contributed by atoms with Crippen LogP contribution in [0, 0.1) is 0 Å². The molecule has 1 saturated heterocycles. The van der Waals surface area contributed by atoms with E-state index in [2.05, 4.69) is 4.74 Å². The molecule has 1 rings (SSSR count). The molecule has 2 atom stereocenters. The van der Waals surface area contributed by atoms with E-state index >= 15 is 0 Å². The molecule has 10 heavy (non-hydrogen) atoms. The Labute approximate surface area is 59.4 Å². The van der Waals surface area contributed by atoms with Gasteiger partial charge in [-0.15, -0.1) is 0 Å². The van der Waals surface area contributed by atoms with Crippen LogP contribution in [0.3, 0.4) is 0 Å². The lowest BCUT2D eigenvalue weighted by atomic mass is 10.3. The highest BCUT2D eigenvalue weighted by molar-refractivity contribution is 5.37. The van der Waals surface area contributed by atoms with Crippen LogP contribution in [0.5, 0.6) is 0 Å². The fraction of sp³-hybridized carbons (Fsp3) is 0.833. The van der Waals surface area contributed by atoms with E-state index in [0.717, 1.165) is 0 Å². The molecule has 0 aromatic carbocycles. The van der Waals surface area contributed by atoms with Crippen molar-refractivity contribution in [2.75, 3.05) is 13.6 Å². The highest BCUT2D eigenvalue weighted by Gasteiger charge is 2.28. The molecule has 1 N–H and O–H groups in total. The number of β-amino-alcohol motifs (C(OH)–C–C–N with tert-alkyl or cyclic N) is 1. The van der Waals surface area contributed by atoms with Gasteiger partial charge in [-0.2, -0.15) is 0 Å². The Morgan fingerprint density at radius 3 is 2.90 bits per heavy atom. The van der Waals surface area contributed by atoms with Gasteiger partial charge in [-0.25, -0.2) is 0 Å². The highest BCUT2D eigenvalue weighted by atomic mass is 16.5. The molecule has 0 aromatic rings. The maximum atomic E-state index is 9.88. The van der Waals surface area contributed by atoms with Crippen LogP contribution in [-0.2, 0) is 9.53 Å². The van der Waals surface area contributed by atoms with E-state index in [1.165, 1.54) is 0 Å². The van der Waals surface area contributed by atoms with Gasteiger partial charge in [0.25, 0.3) is 6.47 Å². The minimum atomic E-state index is -0.352. The van der Waals surface area contributed by atoms with Crippen molar-refractivity contribution in [1.82, 2.24) is 4.90 Å². The quantitative estimate of drug-likeness (QED) is 0.516. The lowest BCUT2D eigenvalue weighted by Gasteiger charge is -2.15. The van der Waals surface area contributed by atoms with E-state index in [4.69, 9.17) is 5.11 Å². The smallest absolute Gasteiger partial charge is 0.294 e. The van der Waals surface area contributed by atoms with Gasteiger partial charge in [0.1, 0.15) is 0 Å². The Morgan fingerprint density at radius 2 is 2.50 bits per heavy atom. The molecular formula is C6H11NO3. The number of carbonyl (C=O) groups is 1. The molecule has 1 fully saturated rings. The number of ether oxygens (including phenoxy) is 1. The molecule has 1 aliphatic heterocycles. The first-order valence-corrected chi connectivity index (χ1v) is 3.21. The van der Waals surface area contributed by atoms with Crippen molar-refractivity contribution in [2.24, 2.45) is 0 Å². The molecule has 1 heterocycles. The zero-order chi connectivity index (χ0) is 7.56. The summed E-state index contributed by atoms with van der Waals surface area (Å²) in [4.78, 5) is 11.7. The van der Waals surface area contributed by atoms with Crippen LogP contribution < -0.4 is 0 Å². The zero-order valence-electron chi connectivity index (χ0n) is 5.86. The van der Waals surface area contributed by atoms with Gasteiger partial charge in [0.05, 0.1) is 6.10 Å². The lowest BCUT2D eigenvalue weighted by Crippen LogP contribution is -2.27. The van der Waals surface area contributed by atoms with E-state index in [1.807, 2.05) is 7.05 Å². The lowest BCUT2D eigenvalue weighted by molar-refractivity contribution is -0.139. The summed E-state index contributed by atoms with van der Waals surface area (Å²) >= 11 is 0. The average molecular weight is 145 g/mol. The van der Waals surface area contributed by atoms with Gasteiger partial charge in [0.15, 0.2) is 6.23 Å². The van der Waals surface area contributed by atoms with Gasteiger partial charge in [-0.1, -0.05) is 0 Å². The summed E-state index contributed by atoms with van der Waals surface area (Å²) in [6.45, 7) is 0.998. The summed E-state index contributed by atoms with van der Waals surface area (Å²) in [7, 11) is 1.81. The third-order valence-electron chi connectivity index (χ3n) is 1.68. The predicted molar refractivity (Wildman–Crippen MR) is 34.2 cm³/mol. The minimum Gasteiger partial charge on any atom is -0.448 e. The van der Waals surface area contributed by atoms with Crippen molar-refractivity contribution in [3.05, 3.63) is 0 Å². The summed E-state index contributed by atoms with van der Waals surface area (Å²) in [6, 6.07) is 0. The van der Waals surface area contributed by atoms with E-state index < -0.39 is 0 Å². The Balaban J connectivity index is 2.38. The number of likely N-dealkylation sites (N-methyl/N-ethyl adjacent to an activating group) is 1. The number of rotatable bonds is 2. The zero-order valence-corrected chi connectivity index (χ0v) is 5.86. The average Bonchev–Trinajstić information content (AvgIpc) is 2.13. The summed E-state index contributed by atoms with van der Waals surface area (Å²) in [5.74, 6) is 0. The van der Waals surface area contributed by atoms with Crippen LogP contribution >= 0.6 is 0 Å². The maximum Gasteiger partial charge on any atom is 0.294 e. The number of likely N-dealkylation sites (tertiary alicyclic amines) is 1. The Hall–Kier alpha value is -0.610. The normalized spacial score (nSPS) is 34.2. The molecule has 4 heteroatoms. The Kier molecular flexibility index (Phi) is 2.24. The third kappa shape index (κ3) is 1.46. The molecule has 0 aliphatic carbocycles. The van der Waals surface area contributed by atoms with Crippen molar-refractivity contribution in [1.29, 1.82) is 0 Å². The van der Waals surface area contributed by atoms with Crippen molar-refractivity contribution >= 4 is 6.47 Å². The van der Waals surface area contributed by atoms with E-state index in [1.54, 1.807) is 4.90 Å². The van der Waals surface area contributed by atoms with Crippen molar-refractivity contribution in [3.63, 3.8) is 0 Å². The fourth-order valence-electron chi connectivity index (χ4n) is 1.16. The molecule has 58 valence electrons. The number of aliphatic hydroxyl groups is 1. The number of carbonyl (C=O) groups excluding carboxylic acids is 1. The number of hydrogen-bond acceptors (Lipinski definition) is 4. The Bertz CT molecular complexity index is 128. The molecule has 1 aliphatic rings. The second-order valence-electron chi connectivity index (χ2n) is 2.52. The van der Waals surface area contributed by atoms with Gasteiger partial charge >= 0.3 is 0 Å². The van der Waals surface area contributed by atoms with E-state index in [0.29, 0.717) is 19.4 Å². The van der Waals surface area contributed by atoms with Crippen molar-refractivity contribution < 1.29 is 14.6 Å². The predicted octanol–water partition coefficient (Wildman–Crippen LogP) is -0.818. The van der Waals surface area contributed by atoms with Crippen LogP contribution in [-0.4, -0.2) is 42.4 Å². The van der Waals surface area contributed by atoms with Crippen LogP contribution in [0.1, 0.15) is 6.42 Å². The molecule has 0 radical (unpaired) electrons. The Morgan fingerprint density at radius 1 is 1.80 bits per heavy atom. The fourth-order valence-corrected chi connectivity index (χ4v) is 1.16. The highest BCUT2D eigenvalue weighted by Crippen LogP contribution is 2.15. The van der Waals surface area contributed by atoms with Crippen LogP contribution in [0.2, 0.25) is 0 Å². The van der Waals surface area contributed by atoms with Crippen molar-refractivity contribution in [3.8, 4) is 0 Å². The standard InChI is InChI=1S/C6H11NO3/c1-7-3-5(9)2-6(7)10-4-8/h4-6,9H,2-3H2,1H3. The number of aliphatic hydroxyl groups excluding tert-OH is 1. The van der Waals surface area contributed by atoms with Gasteiger partial charge < -0.3 is 9.84 Å². The molecule has 0 spiro atoms. The summed E-state index contributed by atoms with van der Waals surface area (Å²) in [5, 5.41) is 9.06. The molecule has 0 saturated carbocycles. The summed E-state index contributed by atoms with van der Waals surface area (Å²) < 4.78 is 4.67. The van der Waals surface area contributed by atoms with E-state index in [-0.39, 0.29) is 12.3 Å².